The fourth-order valence-corrected chi connectivity index (χ4v) is 6.45. The number of carbonyl (C=O) groups excluding carboxylic acids is 1. The Balaban J connectivity index is 1.40. The molecule has 2 aliphatic heterocycles. The van der Waals surface area contributed by atoms with Crippen LogP contribution in [-0.4, -0.2) is 72.6 Å². The molecule has 3 aromatic heterocycles. The van der Waals surface area contributed by atoms with Crippen molar-refractivity contribution in [3.05, 3.63) is 65.7 Å². The highest BCUT2D eigenvalue weighted by Crippen LogP contribution is 2.38. The lowest BCUT2D eigenvalue weighted by molar-refractivity contribution is 0.0792. The quantitative estimate of drug-likeness (QED) is 0.305. The number of imidazole rings is 1. The summed E-state index contributed by atoms with van der Waals surface area (Å²) in [6.45, 7) is 7.09. The van der Waals surface area contributed by atoms with Gasteiger partial charge in [-0.05, 0) is 50.5 Å². The van der Waals surface area contributed by atoms with Crippen molar-refractivity contribution in [2.75, 3.05) is 37.7 Å². The number of benzene rings is 2. The van der Waals surface area contributed by atoms with Gasteiger partial charge in [0.2, 0.25) is 0 Å². The number of aromatic nitrogens is 5. The molecule has 0 radical (unpaired) electrons. The number of anilines is 1. The summed E-state index contributed by atoms with van der Waals surface area (Å²) in [5.41, 5.74) is 5.33. The van der Waals surface area contributed by atoms with E-state index in [4.69, 9.17) is 4.98 Å². The fourth-order valence-electron chi connectivity index (χ4n) is 6.45. The number of hydrogen-bond donors (Lipinski definition) is 1. The van der Waals surface area contributed by atoms with Crippen LogP contribution in [0.25, 0.3) is 33.5 Å². The van der Waals surface area contributed by atoms with Gasteiger partial charge in [0.1, 0.15) is 11.3 Å². The number of rotatable bonds is 8. The van der Waals surface area contributed by atoms with Gasteiger partial charge in [0.25, 0.3) is 5.91 Å². The molecule has 0 unspecified atom stereocenters. The van der Waals surface area contributed by atoms with E-state index >= 15 is 4.39 Å². The van der Waals surface area contributed by atoms with Gasteiger partial charge in [0.05, 0.1) is 35.2 Å². The molecule has 7 rings (SSSR count). The van der Waals surface area contributed by atoms with Crippen molar-refractivity contribution >= 4 is 33.5 Å². The van der Waals surface area contributed by atoms with Gasteiger partial charge < -0.3 is 24.0 Å². The van der Waals surface area contributed by atoms with Crippen molar-refractivity contribution in [2.24, 2.45) is 0 Å². The number of aliphatic hydroxyl groups is 1. The normalized spacial score (nSPS) is 15.1. The predicted molar refractivity (Wildman–Crippen MR) is 157 cm³/mol. The Morgan fingerprint density at radius 1 is 1.07 bits per heavy atom. The van der Waals surface area contributed by atoms with E-state index in [1.807, 2.05) is 28.6 Å². The smallest absolute Gasteiger partial charge is 0.254 e. The molecule has 0 spiro atoms. The molecule has 41 heavy (non-hydrogen) atoms. The summed E-state index contributed by atoms with van der Waals surface area (Å²) in [7, 11) is 0. The molecule has 1 N–H and O–H groups in total. The Bertz CT molecular complexity index is 1760. The molecule has 0 atom stereocenters. The van der Waals surface area contributed by atoms with Gasteiger partial charge in [-0.15, -0.1) is 0 Å². The first-order chi connectivity index (χ1) is 20.1. The Hall–Kier alpha value is -4.18. The molecule has 1 amide bonds. The Morgan fingerprint density at radius 2 is 1.93 bits per heavy atom. The second-order valence-corrected chi connectivity index (χ2v) is 11.0. The monoisotopic (exact) mass is 555 g/mol. The summed E-state index contributed by atoms with van der Waals surface area (Å²) in [5.74, 6) is 0.0805. The molecule has 1 fully saturated rings. The molecule has 1 saturated heterocycles. The van der Waals surface area contributed by atoms with Gasteiger partial charge >= 0.3 is 0 Å². The molecule has 2 aromatic carbocycles. The second kappa shape index (κ2) is 10.3. The van der Waals surface area contributed by atoms with Crippen molar-refractivity contribution in [3.63, 3.8) is 0 Å². The number of hydrogen-bond acceptors (Lipinski definition) is 5. The van der Waals surface area contributed by atoms with Gasteiger partial charge in [0, 0.05) is 68.6 Å². The van der Waals surface area contributed by atoms with Crippen LogP contribution in [0.4, 0.5) is 10.1 Å². The number of fused-ring (bicyclic) bond motifs is 1. The van der Waals surface area contributed by atoms with Gasteiger partial charge in [-0.1, -0.05) is 12.1 Å². The second-order valence-electron chi connectivity index (χ2n) is 11.0. The van der Waals surface area contributed by atoms with E-state index in [0.717, 1.165) is 66.9 Å². The van der Waals surface area contributed by atoms with E-state index in [2.05, 4.69) is 38.8 Å². The maximum Gasteiger partial charge on any atom is 0.254 e. The largest absolute Gasteiger partial charge is 0.396 e. The van der Waals surface area contributed by atoms with Crippen LogP contribution >= 0.6 is 0 Å². The average molecular weight is 556 g/mol. The lowest BCUT2D eigenvalue weighted by atomic mass is 10.1. The lowest BCUT2D eigenvalue weighted by Gasteiger charge is -2.31. The fraction of sp³-hybridized carbons (Fsp3) is 0.387. The summed E-state index contributed by atoms with van der Waals surface area (Å²) < 4.78 is 22.1. The van der Waals surface area contributed by atoms with Gasteiger partial charge in [0.15, 0.2) is 5.82 Å². The van der Waals surface area contributed by atoms with Crippen molar-refractivity contribution in [3.8, 4) is 11.5 Å². The van der Waals surface area contributed by atoms with Crippen molar-refractivity contribution in [2.45, 2.75) is 45.8 Å². The minimum Gasteiger partial charge on any atom is -0.396 e. The number of likely N-dealkylation sites (tertiary alicyclic amines) is 1. The van der Waals surface area contributed by atoms with Crippen LogP contribution in [0.2, 0.25) is 0 Å². The maximum absolute atomic E-state index is 16.0. The maximum atomic E-state index is 16.0. The number of carbonyl (C=O) groups is 1. The van der Waals surface area contributed by atoms with Crippen LogP contribution in [0.1, 0.15) is 42.1 Å². The summed E-state index contributed by atoms with van der Waals surface area (Å²) in [6.07, 6.45) is 6.46. The van der Waals surface area contributed by atoms with Crippen LogP contribution in [0.15, 0.2) is 48.8 Å². The molecular weight excluding hydrogens is 521 g/mol. The summed E-state index contributed by atoms with van der Waals surface area (Å²) in [4.78, 5) is 22.3. The van der Waals surface area contributed by atoms with E-state index in [1.165, 1.54) is 6.07 Å². The molecule has 5 aromatic rings. The standard InChI is InChI=1S/C31H34FN7O2/c1-2-37-19-21(18-33-37)20-39-29-24(32)15-23(31(41)36-9-3-4-10-36)16-25(29)34-30(39)27-17-22-7-5-8-26-28(22)38(27)13-12-35(26)11-6-14-40/h5,7-8,15-19,40H,2-4,6,9-14,20H2,1H3. The van der Waals surface area contributed by atoms with Gasteiger partial charge in [-0.2, -0.15) is 5.10 Å². The Morgan fingerprint density at radius 3 is 2.71 bits per heavy atom. The minimum atomic E-state index is -0.447. The zero-order valence-electron chi connectivity index (χ0n) is 23.3. The van der Waals surface area contributed by atoms with Crippen molar-refractivity contribution in [1.82, 2.24) is 28.8 Å². The zero-order chi connectivity index (χ0) is 28.1. The van der Waals surface area contributed by atoms with Crippen LogP contribution < -0.4 is 4.90 Å². The van der Waals surface area contributed by atoms with E-state index < -0.39 is 5.82 Å². The Labute approximate surface area is 237 Å². The number of aliphatic hydroxyl groups excluding tert-OH is 1. The third kappa shape index (κ3) is 4.37. The first-order valence-corrected chi connectivity index (χ1v) is 14.5. The number of halogens is 1. The highest BCUT2D eigenvalue weighted by molar-refractivity contribution is 5.99. The molecular formula is C31H34FN7O2. The van der Waals surface area contributed by atoms with E-state index in [1.54, 1.807) is 11.0 Å². The Kier molecular flexibility index (Phi) is 6.50. The van der Waals surface area contributed by atoms with E-state index in [9.17, 15) is 9.90 Å². The van der Waals surface area contributed by atoms with Crippen LogP contribution in [0.5, 0.6) is 0 Å². The summed E-state index contributed by atoms with van der Waals surface area (Å²) in [6, 6.07) is 11.5. The van der Waals surface area contributed by atoms with Crippen LogP contribution in [0.3, 0.4) is 0 Å². The van der Waals surface area contributed by atoms with Crippen molar-refractivity contribution in [1.29, 1.82) is 0 Å². The minimum absolute atomic E-state index is 0.139. The SMILES string of the molecule is CCn1cc(Cn2c(-c3cc4cccc5c4n3CCN5CCCO)nc3cc(C(=O)N4CCCC4)cc(F)c32)cn1. The molecule has 10 heteroatoms. The molecule has 0 bridgehead atoms. The zero-order valence-corrected chi connectivity index (χ0v) is 23.3. The highest BCUT2D eigenvalue weighted by Gasteiger charge is 2.27. The number of amides is 1. The lowest BCUT2D eigenvalue weighted by Crippen LogP contribution is -2.33. The molecule has 9 nitrogen and oxygen atoms in total. The van der Waals surface area contributed by atoms with Gasteiger partial charge in [-0.3, -0.25) is 9.48 Å². The molecule has 5 heterocycles. The summed E-state index contributed by atoms with van der Waals surface area (Å²) in [5, 5.41) is 14.9. The topological polar surface area (TPSA) is 84.3 Å². The predicted octanol–water partition coefficient (Wildman–Crippen LogP) is 4.50. The third-order valence-electron chi connectivity index (χ3n) is 8.44. The van der Waals surface area contributed by atoms with E-state index in [0.29, 0.717) is 48.5 Å². The number of para-hydroxylation sites is 1. The first kappa shape index (κ1) is 25.8. The van der Waals surface area contributed by atoms with Crippen LogP contribution in [0, 0.1) is 5.82 Å². The number of nitrogens with zero attached hydrogens (tertiary/aromatic N) is 7. The molecule has 2 aliphatic rings. The third-order valence-corrected chi connectivity index (χ3v) is 8.44. The molecule has 0 saturated carbocycles. The number of aryl methyl sites for hydroxylation is 1. The molecule has 0 aliphatic carbocycles. The molecule has 212 valence electrons. The average Bonchev–Trinajstić information content (AvgIpc) is 3.79. The van der Waals surface area contributed by atoms with Crippen molar-refractivity contribution < 1.29 is 14.3 Å². The first-order valence-electron chi connectivity index (χ1n) is 14.5. The highest BCUT2D eigenvalue weighted by atomic mass is 19.1. The summed E-state index contributed by atoms with van der Waals surface area (Å²) >= 11 is 0. The van der Waals surface area contributed by atoms with E-state index in [-0.39, 0.29) is 12.5 Å². The van der Waals surface area contributed by atoms with Gasteiger partial charge in [-0.25, -0.2) is 9.37 Å². The van der Waals surface area contributed by atoms with Crippen LogP contribution in [-0.2, 0) is 19.6 Å².